The van der Waals surface area contributed by atoms with E-state index in [4.69, 9.17) is 5.73 Å². The lowest BCUT2D eigenvalue weighted by Crippen LogP contribution is -2.47. The number of carbonyl (C=O) groups is 1. The van der Waals surface area contributed by atoms with E-state index in [1.165, 1.54) is 11.3 Å². The summed E-state index contributed by atoms with van der Waals surface area (Å²) in [7, 11) is 0. The Morgan fingerprint density at radius 2 is 2.15 bits per heavy atom. The van der Waals surface area contributed by atoms with Crippen molar-refractivity contribution in [2.75, 3.05) is 18.0 Å². The summed E-state index contributed by atoms with van der Waals surface area (Å²) in [4.78, 5) is 14.3. The molecule has 0 unspecified atom stereocenters. The third kappa shape index (κ3) is 3.73. The maximum atomic E-state index is 12.1. The van der Waals surface area contributed by atoms with Gasteiger partial charge in [0.1, 0.15) is 0 Å². The van der Waals surface area contributed by atoms with Gasteiger partial charge in [-0.3, -0.25) is 4.79 Å². The Balaban J connectivity index is 2.10. The highest BCUT2D eigenvalue weighted by Crippen LogP contribution is 2.27. The van der Waals surface area contributed by atoms with E-state index in [9.17, 15) is 4.79 Å². The number of hydrogen-bond donors (Lipinski definition) is 2. The Kier molecular flexibility index (Phi) is 4.33. The number of fused-ring (bicyclic) bond motifs is 1. The minimum atomic E-state index is -0.181. The molecule has 1 aromatic carbocycles. The predicted molar refractivity (Wildman–Crippen MR) is 82.8 cm³/mol. The first kappa shape index (κ1) is 14.9. The van der Waals surface area contributed by atoms with E-state index < -0.39 is 0 Å². The summed E-state index contributed by atoms with van der Waals surface area (Å²) < 4.78 is 0. The molecule has 4 heteroatoms. The Morgan fingerprint density at radius 3 is 2.80 bits per heavy atom. The Labute approximate surface area is 121 Å². The van der Waals surface area contributed by atoms with Crippen LogP contribution in [0.5, 0.6) is 0 Å². The zero-order valence-corrected chi connectivity index (χ0v) is 12.7. The summed E-state index contributed by atoms with van der Waals surface area (Å²) >= 11 is 0. The zero-order valence-electron chi connectivity index (χ0n) is 12.7. The number of rotatable bonds is 3. The van der Waals surface area contributed by atoms with Gasteiger partial charge in [-0.05, 0) is 50.8 Å². The molecule has 20 heavy (non-hydrogen) atoms. The predicted octanol–water partition coefficient (Wildman–Crippen LogP) is 1.81. The summed E-state index contributed by atoms with van der Waals surface area (Å²) in [5.74, 6) is 0.0771. The Morgan fingerprint density at radius 1 is 1.40 bits per heavy atom. The summed E-state index contributed by atoms with van der Waals surface area (Å²) in [6, 6.07) is 6.32. The fourth-order valence-corrected chi connectivity index (χ4v) is 2.65. The Bertz CT molecular complexity index is 491. The minimum Gasteiger partial charge on any atom is -0.362 e. The van der Waals surface area contributed by atoms with Gasteiger partial charge >= 0.3 is 0 Å². The van der Waals surface area contributed by atoms with Crippen LogP contribution in [-0.4, -0.2) is 24.5 Å². The second-order valence-electron chi connectivity index (χ2n) is 6.49. The van der Waals surface area contributed by atoms with Gasteiger partial charge in [0.2, 0.25) is 5.91 Å². The van der Waals surface area contributed by atoms with Gasteiger partial charge < -0.3 is 16.0 Å². The molecule has 0 aliphatic carbocycles. The van der Waals surface area contributed by atoms with Gasteiger partial charge in [-0.25, -0.2) is 0 Å². The normalized spacial score (nSPS) is 14.9. The molecular weight excluding hydrogens is 250 g/mol. The molecule has 4 nitrogen and oxygen atoms in total. The number of nitrogens with zero attached hydrogens (tertiary/aromatic N) is 1. The molecule has 1 amide bonds. The van der Waals surface area contributed by atoms with E-state index in [0.29, 0.717) is 13.1 Å². The molecule has 110 valence electrons. The van der Waals surface area contributed by atoms with Crippen LogP contribution in [0.25, 0.3) is 0 Å². The number of aryl methyl sites for hydroxylation is 1. The SMILES string of the molecule is CC(C)(C)NC(=O)CN1CCCc2cc(CN)ccc21. The first-order valence-electron chi connectivity index (χ1n) is 7.27. The van der Waals surface area contributed by atoms with E-state index in [2.05, 4.69) is 28.4 Å². The van der Waals surface area contributed by atoms with Crippen molar-refractivity contribution < 1.29 is 4.79 Å². The number of carbonyl (C=O) groups excluding carboxylic acids is 1. The largest absolute Gasteiger partial charge is 0.362 e. The van der Waals surface area contributed by atoms with Crippen molar-refractivity contribution in [2.45, 2.75) is 45.7 Å². The van der Waals surface area contributed by atoms with E-state index in [0.717, 1.165) is 24.9 Å². The standard InChI is InChI=1S/C16H25N3O/c1-16(2,3)18-15(20)11-19-8-4-5-13-9-12(10-17)6-7-14(13)19/h6-7,9H,4-5,8,10-11,17H2,1-3H3,(H,18,20). The number of hydrogen-bond acceptors (Lipinski definition) is 3. The van der Waals surface area contributed by atoms with Crippen LogP contribution in [0.15, 0.2) is 18.2 Å². The van der Waals surface area contributed by atoms with Crippen LogP contribution in [0.2, 0.25) is 0 Å². The molecule has 0 aromatic heterocycles. The van der Waals surface area contributed by atoms with Crippen molar-refractivity contribution in [3.8, 4) is 0 Å². The van der Waals surface area contributed by atoms with Crippen LogP contribution in [0.1, 0.15) is 38.3 Å². The van der Waals surface area contributed by atoms with E-state index >= 15 is 0 Å². The molecule has 1 heterocycles. The third-order valence-corrected chi connectivity index (χ3v) is 3.44. The van der Waals surface area contributed by atoms with Gasteiger partial charge in [0.15, 0.2) is 0 Å². The van der Waals surface area contributed by atoms with Crippen molar-refractivity contribution in [3.05, 3.63) is 29.3 Å². The molecule has 0 fully saturated rings. The molecule has 0 spiro atoms. The maximum absolute atomic E-state index is 12.1. The van der Waals surface area contributed by atoms with Gasteiger partial charge in [0.25, 0.3) is 0 Å². The van der Waals surface area contributed by atoms with Crippen molar-refractivity contribution in [1.82, 2.24) is 5.32 Å². The summed E-state index contributed by atoms with van der Waals surface area (Å²) in [5, 5.41) is 3.02. The second kappa shape index (κ2) is 5.83. The van der Waals surface area contributed by atoms with Gasteiger partial charge in [0.05, 0.1) is 6.54 Å². The molecular formula is C16H25N3O. The molecule has 0 atom stereocenters. The quantitative estimate of drug-likeness (QED) is 0.884. The van der Waals surface area contributed by atoms with Gasteiger partial charge in [-0.1, -0.05) is 12.1 Å². The van der Waals surface area contributed by atoms with E-state index in [-0.39, 0.29) is 11.4 Å². The lowest BCUT2D eigenvalue weighted by molar-refractivity contribution is -0.121. The molecule has 0 bridgehead atoms. The van der Waals surface area contributed by atoms with Crippen molar-refractivity contribution in [2.24, 2.45) is 5.73 Å². The van der Waals surface area contributed by atoms with Gasteiger partial charge in [-0.2, -0.15) is 0 Å². The van der Waals surface area contributed by atoms with E-state index in [1.54, 1.807) is 0 Å². The zero-order chi connectivity index (χ0) is 14.8. The van der Waals surface area contributed by atoms with Crippen LogP contribution < -0.4 is 16.0 Å². The molecule has 1 aliphatic heterocycles. The van der Waals surface area contributed by atoms with Crippen molar-refractivity contribution >= 4 is 11.6 Å². The molecule has 0 saturated heterocycles. The Hall–Kier alpha value is -1.55. The average molecular weight is 275 g/mol. The van der Waals surface area contributed by atoms with Crippen LogP contribution in [0.4, 0.5) is 5.69 Å². The highest BCUT2D eigenvalue weighted by molar-refractivity contribution is 5.82. The van der Waals surface area contributed by atoms with Crippen LogP contribution >= 0.6 is 0 Å². The van der Waals surface area contributed by atoms with Gasteiger partial charge in [0, 0.05) is 24.3 Å². The molecule has 0 radical (unpaired) electrons. The summed E-state index contributed by atoms with van der Waals surface area (Å²) in [5.41, 5.74) is 9.15. The monoisotopic (exact) mass is 275 g/mol. The fraction of sp³-hybridized carbons (Fsp3) is 0.562. The fourth-order valence-electron chi connectivity index (χ4n) is 2.65. The molecule has 1 aromatic rings. The van der Waals surface area contributed by atoms with Gasteiger partial charge in [-0.15, -0.1) is 0 Å². The average Bonchev–Trinajstić information content (AvgIpc) is 2.36. The highest BCUT2D eigenvalue weighted by atomic mass is 16.2. The highest BCUT2D eigenvalue weighted by Gasteiger charge is 2.21. The molecule has 2 rings (SSSR count). The molecule has 0 saturated carbocycles. The van der Waals surface area contributed by atoms with Crippen molar-refractivity contribution in [3.63, 3.8) is 0 Å². The lowest BCUT2D eigenvalue weighted by Gasteiger charge is -2.32. The second-order valence-corrected chi connectivity index (χ2v) is 6.49. The van der Waals surface area contributed by atoms with Crippen LogP contribution in [-0.2, 0) is 17.8 Å². The van der Waals surface area contributed by atoms with Crippen LogP contribution in [0, 0.1) is 0 Å². The third-order valence-electron chi connectivity index (χ3n) is 3.44. The maximum Gasteiger partial charge on any atom is 0.239 e. The smallest absolute Gasteiger partial charge is 0.239 e. The first-order valence-corrected chi connectivity index (χ1v) is 7.27. The summed E-state index contributed by atoms with van der Waals surface area (Å²) in [6.45, 7) is 7.93. The first-order chi connectivity index (χ1) is 9.39. The molecule has 1 aliphatic rings. The number of anilines is 1. The number of nitrogens with two attached hydrogens (primary N) is 1. The van der Waals surface area contributed by atoms with Crippen LogP contribution in [0.3, 0.4) is 0 Å². The van der Waals surface area contributed by atoms with Crippen molar-refractivity contribution in [1.29, 1.82) is 0 Å². The number of benzene rings is 1. The topological polar surface area (TPSA) is 58.4 Å². The number of nitrogens with one attached hydrogen (secondary N) is 1. The lowest BCUT2D eigenvalue weighted by atomic mass is 9.99. The minimum absolute atomic E-state index is 0.0771. The van der Waals surface area contributed by atoms with E-state index in [1.807, 2.05) is 20.8 Å². The summed E-state index contributed by atoms with van der Waals surface area (Å²) in [6.07, 6.45) is 2.16. The molecule has 3 N–H and O–H groups in total. The number of amides is 1.